The van der Waals surface area contributed by atoms with E-state index < -0.39 is 9.85 Å². The van der Waals surface area contributed by atoms with E-state index in [1.165, 1.54) is 25.3 Å². The smallest absolute Gasteiger partial charge is 0.258 e. The van der Waals surface area contributed by atoms with E-state index in [1.54, 1.807) is 6.07 Å². The maximum Gasteiger partial charge on any atom is 0.280 e. The maximum atomic E-state index is 11.5. The highest BCUT2D eigenvalue weighted by Gasteiger charge is 2.53. The van der Waals surface area contributed by atoms with Gasteiger partial charge in [-0.25, -0.2) is 0 Å². The zero-order valence-corrected chi connectivity index (χ0v) is 12.2. The summed E-state index contributed by atoms with van der Waals surface area (Å²) in [6.45, 7) is 0. The van der Waals surface area contributed by atoms with E-state index in [-0.39, 0.29) is 16.8 Å². The lowest BCUT2D eigenvalue weighted by Crippen LogP contribution is -2.48. The van der Waals surface area contributed by atoms with Gasteiger partial charge < -0.3 is 0 Å². The number of nitrogens with zero attached hydrogens (tertiary/aromatic N) is 2. The summed E-state index contributed by atoms with van der Waals surface area (Å²) in [7, 11) is 0. The third-order valence-corrected chi connectivity index (χ3v) is 6.00. The van der Waals surface area contributed by atoms with Gasteiger partial charge in [0.2, 0.25) is 0 Å². The highest BCUT2D eigenvalue weighted by Crippen LogP contribution is 2.61. The fraction of sp³-hybridized carbons (Fsp3) is 0.625. The Bertz CT molecular complexity index is 635. The first kappa shape index (κ1) is 13.7. The number of nitro groups is 2. The van der Waals surface area contributed by atoms with E-state index in [9.17, 15) is 20.2 Å². The molecular formula is C16H18N2O4. The van der Waals surface area contributed by atoms with Crippen LogP contribution in [0.25, 0.3) is 0 Å². The summed E-state index contributed by atoms with van der Waals surface area (Å²) in [6.07, 6.45) is 6.83. The van der Waals surface area contributed by atoms with Crippen LogP contribution in [0.1, 0.15) is 44.1 Å². The maximum absolute atomic E-state index is 11.5. The number of non-ortho nitro benzene ring substituents is 1. The molecule has 0 atom stereocenters. The summed E-state index contributed by atoms with van der Waals surface area (Å²) in [5.74, 6) is 2.04. The molecule has 0 aromatic heterocycles. The monoisotopic (exact) mass is 302 g/mol. The normalized spacial score (nSPS) is 35.5. The Morgan fingerprint density at radius 2 is 1.45 bits per heavy atom. The molecule has 0 radical (unpaired) electrons. The van der Waals surface area contributed by atoms with Crippen molar-refractivity contribution in [1.29, 1.82) is 0 Å². The van der Waals surface area contributed by atoms with Gasteiger partial charge in [0.15, 0.2) is 0 Å². The number of hydrogen-bond donors (Lipinski definition) is 0. The van der Waals surface area contributed by atoms with Crippen LogP contribution in [0.4, 0.5) is 11.4 Å². The summed E-state index contributed by atoms with van der Waals surface area (Å²) in [6, 6.07) is 4.23. The van der Waals surface area contributed by atoms with Gasteiger partial charge in [-0.1, -0.05) is 0 Å². The number of nitro benzene ring substituents is 2. The van der Waals surface area contributed by atoms with Crippen LogP contribution in [0.15, 0.2) is 18.2 Å². The zero-order valence-electron chi connectivity index (χ0n) is 12.2. The average molecular weight is 302 g/mol. The lowest BCUT2D eigenvalue weighted by Gasteiger charge is -2.56. The van der Waals surface area contributed by atoms with Crippen molar-refractivity contribution < 1.29 is 9.85 Å². The Hall–Kier alpha value is -1.98. The molecule has 4 aliphatic rings. The minimum Gasteiger partial charge on any atom is -0.258 e. The Balaban J connectivity index is 1.82. The molecule has 4 fully saturated rings. The second-order valence-corrected chi connectivity index (χ2v) is 7.41. The van der Waals surface area contributed by atoms with Crippen LogP contribution >= 0.6 is 0 Å². The second kappa shape index (κ2) is 4.51. The van der Waals surface area contributed by atoms with E-state index in [4.69, 9.17) is 0 Å². The fourth-order valence-corrected chi connectivity index (χ4v) is 5.67. The lowest BCUT2D eigenvalue weighted by molar-refractivity contribution is -0.395. The molecule has 1 aromatic rings. The molecule has 116 valence electrons. The van der Waals surface area contributed by atoms with Crippen LogP contribution in [-0.4, -0.2) is 9.85 Å². The Labute approximate surface area is 127 Å². The molecule has 5 rings (SSSR count). The number of benzene rings is 1. The zero-order chi connectivity index (χ0) is 15.5. The predicted octanol–water partition coefficient (Wildman–Crippen LogP) is 3.97. The SMILES string of the molecule is O=[N+]([O-])c1ccc(C23CC4CC(CC(C4)C2)C3)c([N+](=O)[O-])c1. The molecule has 0 unspecified atom stereocenters. The molecule has 22 heavy (non-hydrogen) atoms. The third kappa shape index (κ3) is 1.93. The van der Waals surface area contributed by atoms with Crippen LogP contribution in [-0.2, 0) is 5.41 Å². The van der Waals surface area contributed by atoms with Crippen LogP contribution in [0.5, 0.6) is 0 Å². The first-order chi connectivity index (χ1) is 10.5. The fourth-order valence-electron chi connectivity index (χ4n) is 5.67. The van der Waals surface area contributed by atoms with Crippen LogP contribution in [0.3, 0.4) is 0 Å². The van der Waals surface area contributed by atoms with E-state index in [0.717, 1.165) is 30.9 Å². The first-order valence-corrected chi connectivity index (χ1v) is 7.90. The van der Waals surface area contributed by atoms with E-state index in [2.05, 4.69) is 0 Å². The molecule has 4 saturated carbocycles. The van der Waals surface area contributed by atoms with Crippen molar-refractivity contribution in [1.82, 2.24) is 0 Å². The molecule has 4 aliphatic carbocycles. The van der Waals surface area contributed by atoms with Gasteiger partial charge in [-0.2, -0.15) is 0 Å². The summed E-state index contributed by atoms with van der Waals surface area (Å²) in [4.78, 5) is 21.4. The van der Waals surface area contributed by atoms with Crippen LogP contribution in [0.2, 0.25) is 0 Å². The Morgan fingerprint density at radius 3 is 1.91 bits per heavy atom. The van der Waals surface area contributed by atoms with Crippen molar-refractivity contribution in [3.05, 3.63) is 44.0 Å². The highest BCUT2D eigenvalue weighted by atomic mass is 16.6. The second-order valence-electron chi connectivity index (χ2n) is 7.41. The van der Waals surface area contributed by atoms with Crippen molar-refractivity contribution in [2.45, 2.75) is 43.9 Å². The highest BCUT2D eigenvalue weighted by molar-refractivity contribution is 5.53. The van der Waals surface area contributed by atoms with Gasteiger partial charge in [0.1, 0.15) is 0 Å². The standard InChI is InChI=1S/C16H18N2O4/c19-17(20)13-1-2-14(15(6-13)18(21)22)16-7-10-3-11(8-16)5-12(4-10)9-16/h1-2,6,10-12H,3-5,7-9H2. The summed E-state index contributed by atoms with van der Waals surface area (Å²) in [5, 5.41) is 22.4. The Kier molecular flexibility index (Phi) is 2.80. The minimum atomic E-state index is -0.559. The van der Waals surface area contributed by atoms with Gasteiger partial charge in [-0.05, 0) is 62.3 Å². The first-order valence-electron chi connectivity index (χ1n) is 7.90. The van der Waals surface area contributed by atoms with Crippen molar-refractivity contribution >= 4 is 11.4 Å². The molecule has 0 amide bonds. The summed E-state index contributed by atoms with van der Waals surface area (Å²) < 4.78 is 0. The molecule has 0 saturated heterocycles. The van der Waals surface area contributed by atoms with Gasteiger partial charge in [-0.15, -0.1) is 0 Å². The number of hydrogen-bond acceptors (Lipinski definition) is 4. The van der Waals surface area contributed by atoms with Gasteiger partial charge in [0.05, 0.1) is 15.9 Å². The van der Waals surface area contributed by atoms with Crippen LogP contribution in [0, 0.1) is 38.0 Å². The van der Waals surface area contributed by atoms with Crippen molar-refractivity contribution in [3.8, 4) is 0 Å². The molecule has 0 spiro atoms. The van der Waals surface area contributed by atoms with Gasteiger partial charge >= 0.3 is 0 Å². The van der Waals surface area contributed by atoms with Gasteiger partial charge in [0.25, 0.3) is 11.4 Å². The molecule has 6 nitrogen and oxygen atoms in total. The molecule has 0 N–H and O–H groups in total. The largest absolute Gasteiger partial charge is 0.280 e. The quantitative estimate of drug-likeness (QED) is 0.624. The molecule has 0 heterocycles. The summed E-state index contributed by atoms with van der Waals surface area (Å²) in [5.41, 5.74) is 0.366. The predicted molar refractivity (Wildman–Crippen MR) is 79.6 cm³/mol. The van der Waals surface area contributed by atoms with Gasteiger partial charge in [0, 0.05) is 17.0 Å². The number of rotatable bonds is 3. The molecule has 4 bridgehead atoms. The van der Waals surface area contributed by atoms with E-state index in [1.807, 2.05) is 0 Å². The Morgan fingerprint density at radius 1 is 0.909 bits per heavy atom. The topological polar surface area (TPSA) is 86.3 Å². The van der Waals surface area contributed by atoms with Crippen molar-refractivity contribution in [2.24, 2.45) is 17.8 Å². The van der Waals surface area contributed by atoms with Crippen LogP contribution < -0.4 is 0 Å². The van der Waals surface area contributed by atoms with Crippen molar-refractivity contribution in [3.63, 3.8) is 0 Å². The molecule has 1 aromatic carbocycles. The average Bonchev–Trinajstić information content (AvgIpc) is 2.45. The van der Waals surface area contributed by atoms with Crippen molar-refractivity contribution in [2.75, 3.05) is 0 Å². The van der Waals surface area contributed by atoms with E-state index >= 15 is 0 Å². The third-order valence-electron chi connectivity index (χ3n) is 6.00. The van der Waals surface area contributed by atoms with E-state index in [0.29, 0.717) is 17.8 Å². The molecular weight excluding hydrogens is 284 g/mol. The molecule has 0 aliphatic heterocycles. The lowest BCUT2D eigenvalue weighted by atomic mass is 9.48. The summed E-state index contributed by atoms with van der Waals surface area (Å²) >= 11 is 0. The molecule has 6 heteroatoms. The van der Waals surface area contributed by atoms with Gasteiger partial charge in [-0.3, -0.25) is 20.2 Å². The minimum absolute atomic E-state index is 0.0591.